The predicted octanol–water partition coefficient (Wildman–Crippen LogP) is 1.68. The molecule has 0 atom stereocenters. The zero-order valence-corrected chi connectivity index (χ0v) is 8.79. The summed E-state index contributed by atoms with van der Waals surface area (Å²) >= 11 is 1.61. The number of thioether (sulfide) groups is 1. The quantitative estimate of drug-likeness (QED) is 0.261. The summed E-state index contributed by atoms with van der Waals surface area (Å²) in [5.41, 5.74) is 6.20. The normalized spacial score (nSPS) is 11.6. The average Bonchev–Trinajstić information content (AvgIpc) is 2.25. The van der Waals surface area contributed by atoms with Crippen LogP contribution in [0.25, 0.3) is 0 Å². The third kappa shape index (κ3) is 2.63. The van der Waals surface area contributed by atoms with Crippen LogP contribution in [0, 0.1) is 0 Å². The zero-order valence-electron chi connectivity index (χ0n) is 7.97. The van der Waals surface area contributed by atoms with Crippen molar-refractivity contribution in [1.82, 2.24) is 4.98 Å². The molecular formula is C9H13N3OS. The number of oxime groups is 1. The summed E-state index contributed by atoms with van der Waals surface area (Å²) in [6.45, 7) is 2.10. The molecule has 0 aliphatic carbocycles. The summed E-state index contributed by atoms with van der Waals surface area (Å²) in [6, 6.07) is 3.56. The number of amidine groups is 1. The SMILES string of the molecule is CCCSc1ncccc1/C(N)=N/O. The highest BCUT2D eigenvalue weighted by atomic mass is 32.2. The second kappa shape index (κ2) is 5.49. The van der Waals surface area contributed by atoms with E-state index in [9.17, 15) is 0 Å². The number of hydrogen-bond donors (Lipinski definition) is 2. The van der Waals surface area contributed by atoms with Crippen molar-refractivity contribution in [3.8, 4) is 0 Å². The molecule has 0 aliphatic heterocycles. The van der Waals surface area contributed by atoms with Gasteiger partial charge in [0.2, 0.25) is 0 Å². The molecule has 1 heterocycles. The molecule has 0 saturated heterocycles. The highest BCUT2D eigenvalue weighted by molar-refractivity contribution is 7.99. The number of nitrogens with two attached hydrogens (primary N) is 1. The van der Waals surface area contributed by atoms with E-state index in [1.165, 1.54) is 0 Å². The van der Waals surface area contributed by atoms with E-state index >= 15 is 0 Å². The van der Waals surface area contributed by atoms with Gasteiger partial charge in [-0.15, -0.1) is 11.8 Å². The molecule has 0 unspecified atom stereocenters. The molecule has 76 valence electrons. The highest BCUT2D eigenvalue weighted by Crippen LogP contribution is 2.20. The van der Waals surface area contributed by atoms with Gasteiger partial charge < -0.3 is 10.9 Å². The number of rotatable bonds is 4. The molecule has 0 radical (unpaired) electrons. The van der Waals surface area contributed by atoms with Gasteiger partial charge in [-0.05, 0) is 24.3 Å². The van der Waals surface area contributed by atoms with Crippen molar-refractivity contribution in [2.24, 2.45) is 10.9 Å². The van der Waals surface area contributed by atoms with Crippen molar-refractivity contribution < 1.29 is 5.21 Å². The first kappa shape index (κ1) is 10.8. The minimum Gasteiger partial charge on any atom is -0.409 e. The van der Waals surface area contributed by atoms with Crippen LogP contribution in [0.4, 0.5) is 0 Å². The van der Waals surface area contributed by atoms with Gasteiger partial charge in [0.1, 0.15) is 5.03 Å². The van der Waals surface area contributed by atoms with Crippen molar-refractivity contribution in [3.05, 3.63) is 23.9 Å². The van der Waals surface area contributed by atoms with Crippen LogP contribution < -0.4 is 5.73 Å². The maximum Gasteiger partial charge on any atom is 0.172 e. The summed E-state index contributed by atoms with van der Waals surface area (Å²) in [5, 5.41) is 12.3. The van der Waals surface area contributed by atoms with Crippen molar-refractivity contribution >= 4 is 17.6 Å². The molecule has 0 aliphatic rings. The maximum absolute atomic E-state index is 8.56. The van der Waals surface area contributed by atoms with Gasteiger partial charge >= 0.3 is 0 Å². The number of aromatic nitrogens is 1. The van der Waals surface area contributed by atoms with Crippen LogP contribution in [0.1, 0.15) is 18.9 Å². The summed E-state index contributed by atoms with van der Waals surface area (Å²) in [7, 11) is 0. The molecule has 3 N–H and O–H groups in total. The van der Waals surface area contributed by atoms with E-state index in [0.29, 0.717) is 5.56 Å². The molecule has 0 amide bonds. The van der Waals surface area contributed by atoms with Gasteiger partial charge in [0.05, 0.1) is 5.56 Å². The zero-order chi connectivity index (χ0) is 10.4. The molecule has 14 heavy (non-hydrogen) atoms. The summed E-state index contributed by atoms with van der Waals surface area (Å²) in [6.07, 6.45) is 2.77. The van der Waals surface area contributed by atoms with E-state index in [2.05, 4.69) is 17.1 Å². The fourth-order valence-electron chi connectivity index (χ4n) is 0.953. The Morgan fingerprint density at radius 2 is 2.50 bits per heavy atom. The Hall–Kier alpha value is -1.23. The van der Waals surface area contributed by atoms with Gasteiger partial charge in [-0.25, -0.2) is 4.98 Å². The van der Waals surface area contributed by atoms with Crippen molar-refractivity contribution in [2.75, 3.05) is 5.75 Å². The molecule has 0 aromatic carbocycles. The molecule has 1 aromatic rings. The number of pyridine rings is 1. The smallest absolute Gasteiger partial charge is 0.172 e. The summed E-state index contributed by atoms with van der Waals surface area (Å²) in [5.74, 6) is 1.08. The van der Waals surface area contributed by atoms with Crippen LogP contribution in [0.5, 0.6) is 0 Å². The average molecular weight is 211 g/mol. The lowest BCUT2D eigenvalue weighted by Gasteiger charge is -2.04. The molecule has 5 heteroatoms. The van der Waals surface area contributed by atoms with E-state index in [0.717, 1.165) is 17.2 Å². The van der Waals surface area contributed by atoms with E-state index in [4.69, 9.17) is 10.9 Å². The first-order chi connectivity index (χ1) is 6.79. The molecule has 1 rings (SSSR count). The van der Waals surface area contributed by atoms with E-state index in [1.807, 2.05) is 0 Å². The lowest BCUT2D eigenvalue weighted by Crippen LogP contribution is -2.14. The lowest BCUT2D eigenvalue weighted by molar-refractivity contribution is 0.318. The fraction of sp³-hybridized carbons (Fsp3) is 0.333. The van der Waals surface area contributed by atoms with Gasteiger partial charge in [-0.2, -0.15) is 0 Å². The van der Waals surface area contributed by atoms with E-state index < -0.39 is 0 Å². The minimum absolute atomic E-state index is 0.108. The Morgan fingerprint density at radius 1 is 1.71 bits per heavy atom. The van der Waals surface area contributed by atoms with Crippen molar-refractivity contribution in [2.45, 2.75) is 18.4 Å². The Morgan fingerprint density at radius 3 is 3.14 bits per heavy atom. The van der Waals surface area contributed by atoms with Crippen LogP contribution in [-0.4, -0.2) is 21.8 Å². The third-order valence-corrected chi connectivity index (χ3v) is 2.81. The third-order valence-electron chi connectivity index (χ3n) is 1.60. The van der Waals surface area contributed by atoms with Crippen LogP contribution in [0.2, 0.25) is 0 Å². The van der Waals surface area contributed by atoms with E-state index in [-0.39, 0.29) is 5.84 Å². The standard InChI is InChI=1S/C9H13N3OS/c1-2-6-14-9-7(8(10)12-13)4-3-5-11-9/h3-5,13H,2,6H2,1H3,(H2,10,12). The highest BCUT2D eigenvalue weighted by Gasteiger charge is 2.07. The van der Waals surface area contributed by atoms with Gasteiger partial charge in [0.25, 0.3) is 0 Å². The molecule has 4 nitrogen and oxygen atoms in total. The van der Waals surface area contributed by atoms with Gasteiger partial charge in [0, 0.05) is 6.20 Å². The van der Waals surface area contributed by atoms with Crippen molar-refractivity contribution in [3.63, 3.8) is 0 Å². The topological polar surface area (TPSA) is 71.5 Å². The number of nitrogens with zero attached hydrogens (tertiary/aromatic N) is 2. The molecular weight excluding hydrogens is 198 g/mol. The van der Waals surface area contributed by atoms with E-state index in [1.54, 1.807) is 30.1 Å². The largest absolute Gasteiger partial charge is 0.409 e. The Bertz CT molecular complexity index is 328. The van der Waals surface area contributed by atoms with Gasteiger partial charge in [-0.3, -0.25) is 0 Å². The first-order valence-electron chi connectivity index (χ1n) is 4.35. The predicted molar refractivity (Wildman–Crippen MR) is 57.8 cm³/mol. The molecule has 0 saturated carbocycles. The Labute approximate surface area is 87.2 Å². The molecule has 0 bridgehead atoms. The van der Waals surface area contributed by atoms with Crippen LogP contribution in [-0.2, 0) is 0 Å². The monoisotopic (exact) mass is 211 g/mol. The van der Waals surface area contributed by atoms with Gasteiger partial charge in [-0.1, -0.05) is 12.1 Å². The Kier molecular flexibility index (Phi) is 4.25. The molecule has 1 aromatic heterocycles. The molecule has 0 fully saturated rings. The first-order valence-corrected chi connectivity index (χ1v) is 5.33. The second-order valence-electron chi connectivity index (χ2n) is 2.69. The minimum atomic E-state index is 0.108. The second-order valence-corrected chi connectivity index (χ2v) is 3.77. The summed E-state index contributed by atoms with van der Waals surface area (Å²) in [4.78, 5) is 4.18. The van der Waals surface area contributed by atoms with Gasteiger partial charge in [0.15, 0.2) is 5.84 Å². The van der Waals surface area contributed by atoms with Crippen molar-refractivity contribution in [1.29, 1.82) is 0 Å². The lowest BCUT2D eigenvalue weighted by atomic mass is 10.3. The molecule has 0 spiro atoms. The Balaban J connectivity index is 2.91. The fourth-order valence-corrected chi connectivity index (χ4v) is 1.81. The van der Waals surface area contributed by atoms with Crippen LogP contribution >= 0.6 is 11.8 Å². The van der Waals surface area contributed by atoms with Crippen LogP contribution in [0.3, 0.4) is 0 Å². The van der Waals surface area contributed by atoms with Crippen LogP contribution in [0.15, 0.2) is 28.5 Å². The summed E-state index contributed by atoms with van der Waals surface area (Å²) < 4.78 is 0. The maximum atomic E-state index is 8.56. The number of hydrogen-bond acceptors (Lipinski definition) is 4.